The van der Waals surface area contributed by atoms with E-state index in [1.54, 1.807) is 4.68 Å². The molecule has 0 aliphatic rings. The van der Waals surface area contributed by atoms with Crippen LogP contribution in [-0.2, 0) is 6.42 Å². The zero-order valence-corrected chi connectivity index (χ0v) is 9.78. The predicted octanol–water partition coefficient (Wildman–Crippen LogP) is 2.37. The first-order valence-corrected chi connectivity index (χ1v) is 5.50. The molecule has 2 rings (SSSR count). The van der Waals surface area contributed by atoms with Crippen LogP contribution in [0.2, 0.25) is 5.02 Å². The fourth-order valence-electron chi connectivity index (χ4n) is 1.59. The van der Waals surface area contributed by atoms with Crippen LogP contribution < -0.4 is 0 Å². The van der Waals surface area contributed by atoms with Crippen molar-refractivity contribution in [2.75, 3.05) is 6.61 Å². The summed E-state index contributed by atoms with van der Waals surface area (Å²) in [6.45, 7) is 2.09. The molecule has 0 atom stereocenters. The molecule has 0 amide bonds. The molecule has 3 nitrogen and oxygen atoms in total. The lowest BCUT2D eigenvalue weighted by Crippen LogP contribution is -1.93. The Labute approximate surface area is 99.3 Å². The maximum absolute atomic E-state index is 8.91. The van der Waals surface area contributed by atoms with E-state index in [4.69, 9.17) is 16.7 Å². The van der Waals surface area contributed by atoms with Crippen molar-refractivity contribution in [3.63, 3.8) is 0 Å². The summed E-state index contributed by atoms with van der Waals surface area (Å²) in [5, 5.41) is 14.0. The highest BCUT2D eigenvalue weighted by Crippen LogP contribution is 2.15. The van der Waals surface area contributed by atoms with Crippen LogP contribution in [-0.4, -0.2) is 21.5 Å². The van der Waals surface area contributed by atoms with Gasteiger partial charge < -0.3 is 5.11 Å². The average molecular weight is 237 g/mol. The Bertz CT molecular complexity index is 476. The third kappa shape index (κ3) is 2.26. The summed E-state index contributed by atoms with van der Waals surface area (Å²) < 4.78 is 1.80. The van der Waals surface area contributed by atoms with Crippen molar-refractivity contribution >= 4 is 11.6 Å². The van der Waals surface area contributed by atoms with E-state index < -0.39 is 0 Å². The molecule has 4 heteroatoms. The second-order valence-electron chi connectivity index (χ2n) is 3.63. The molecule has 1 aromatic heterocycles. The number of aromatic nitrogens is 2. The number of aliphatic hydroxyl groups is 1. The molecule has 0 unspecified atom stereocenters. The van der Waals surface area contributed by atoms with Gasteiger partial charge in [-0.2, -0.15) is 5.10 Å². The number of hydrogen-bond acceptors (Lipinski definition) is 2. The van der Waals surface area contributed by atoms with E-state index in [2.05, 4.69) is 5.10 Å². The van der Waals surface area contributed by atoms with E-state index in [-0.39, 0.29) is 6.61 Å². The lowest BCUT2D eigenvalue weighted by atomic mass is 10.2. The summed E-state index contributed by atoms with van der Waals surface area (Å²) in [4.78, 5) is 0. The zero-order valence-electron chi connectivity index (χ0n) is 9.02. The number of aryl methyl sites for hydroxylation is 1. The number of halogens is 1. The van der Waals surface area contributed by atoms with E-state index in [0.717, 1.165) is 16.9 Å². The maximum atomic E-state index is 8.91. The highest BCUT2D eigenvalue weighted by Gasteiger charge is 2.05. The number of benzene rings is 1. The van der Waals surface area contributed by atoms with Crippen LogP contribution in [0.5, 0.6) is 0 Å². The van der Waals surface area contributed by atoms with Crippen LogP contribution in [0.3, 0.4) is 0 Å². The van der Waals surface area contributed by atoms with Crippen molar-refractivity contribution in [2.45, 2.75) is 13.3 Å². The van der Waals surface area contributed by atoms with Crippen LogP contribution in [0.1, 0.15) is 11.3 Å². The van der Waals surface area contributed by atoms with Crippen LogP contribution in [0, 0.1) is 6.92 Å². The van der Waals surface area contributed by atoms with Gasteiger partial charge in [-0.15, -0.1) is 0 Å². The number of nitrogens with zero attached hydrogens (tertiary/aromatic N) is 2. The molecule has 1 aromatic carbocycles. The van der Waals surface area contributed by atoms with Gasteiger partial charge in [0.15, 0.2) is 0 Å². The molecular formula is C12H13ClN2O. The van der Waals surface area contributed by atoms with Crippen LogP contribution >= 0.6 is 11.6 Å². The van der Waals surface area contributed by atoms with Crippen molar-refractivity contribution in [3.05, 3.63) is 46.7 Å². The predicted molar refractivity (Wildman–Crippen MR) is 64.1 cm³/mol. The number of aliphatic hydroxyl groups excluding tert-OH is 1. The molecule has 0 spiro atoms. The molecule has 0 saturated carbocycles. The number of rotatable bonds is 3. The van der Waals surface area contributed by atoms with Crippen LogP contribution in [0.25, 0.3) is 5.69 Å². The molecule has 84 valence electrons. The summed E-state index contributed by atoms with van der Waals surface area (Å²) in [7, 11) is 0. The second kappa shape index (κ2) is 4.68. The average Bonchev–Trinajstić information content (AvgIpc) is 2.62. The van der Waals surface area contributed by atoms with Gasteiger partial charge in [-0.25, -0.2) is 4.68 Å². The lowest BCUT2D eigenvalue weighted by Gasteiger charge is -2.00. The molecule has 16 heavy (non-hydrogen) atoms. The van der Waals surface area contributed by atoms with Crippen molar-refractivity contribution in [1.82, 2.24) is 9.78 Å². The zero-order chi connectivity index (χ0) is 11.5. The first-order chi connectivity index (χ1) is 7.70. The standard InChI is InChI=1S/C12H13ClN2O/c1-9-10(6-7-16)8-15(14-9)12-4-2-11(13)3-5-12/h2-5,8,16H,6-7H2,1H3. The summed E-state index contributed by atoms with van der Waals surface area (Å²) >= 11 is 5.82. The van der Waals surface area contributed by atoms with Crippen molar-refractivity contribution < 1.29 is 5.11 Å². The van der Waals surface area contributed by atoms with E-state index in [1.165, 1.54) is 0 Å². The van der Waals surface area contributed by atoms with Gasteiger partial charge >= 0.3 is 0 Å². The SMILES string of the molecule is Cc1nn(-c2ccc(Cl)cc2)cc1CCO. The van der Waals surface area contributed by atoms with Gasteiger partial charge in [0.1, 0.15) is 0 Å². The Morgan fingerprint density at radius 2 is 2.00 bits per heavy atom. The summed E-state index contributed by atoms with van der Waals surface area (Å²) in [6, 6.07) is 7.49. The van der Waals surface area contributed by atoms with E-state index in [9.17, 15) is 0 Å². The van der Waals surface area contributed by atoms with E-state index >= 15 is 0 Å². The molecule has 0 aliphatic heterocycles. The minimum absolute atomic E-state index is 0.146. The Morgan fingerprint density at radius 1 is 1.31 bits per heavy atom. The quantitative estimate of drug-likeness (QED) is 0.889. The second-order valence-corrected chi connectivity index (χ2v) is 4.07. The van der Waals surface area contributed by atoms with Gasteiger partial charge in [-0.1, -0.05) is 11.6 Å². The lowest BCUT2D eigenvalue weighted by molar-refractivity contribution is 0.299. The third-order valence-corrected chi connectivity index (χ3v) is 2.72. The minimum atomic E-state index is 0.146. The topological polar surface area (TPSA) is 38.0 Å². The van der Waals surface area contributed by atoms with Crippen molar-refractivity contribution in [1.29, 1.82) is 0 Å². The van der Waals surface area contributed by atoms with Gasteiger partial charge in [-0.05, 0) is 43.2 Å². The molecule has 0 bridgehead atoms. The fourth-order valence-corrected chi connectivity index (χ4v) is 1.71. The monoisotopic (exact) mass is 236 g/mol. The largest absolute Gasteiger partial charge is 0.396 e. The summed E-state index contributed by atoms with van der Waals surface area (Å²) in [5.41, 5.74) is 2.98. The van der Waals surface area contributed by atoms with Gasteiger partial charge in [0.25, 0.3) is 0 Å². The highest BCUT2D eigenvalue weighted by atomic mass is 35.5. The van der Waals surface area contributed by atoms with Crippen molar-refractivity contribution in [3.8, 4) is 5.69 Å². The molecular weight excluding hydrogens is 224 g/mol. The molecule has 1 N–H and O–H groups in total. The molecule has 0 saturated heterocycles. The smallest absolute Gasteiger partial charge is 0.0646 e. The van der Waals surface area contributed by atoms with Gasteiger partial charge in [0, 0.05) is 17.8 Å². The van der Waals surface area contributed by atoms with Gasteiger partial charge in [0.05, 0.1) is 11.4 Å². The molecule has 0 radical (unpaired) electrons. The fraction of sp³-hybridized carbons (Fsp3) is 0.250. The third-order valence-electron chi connectivity index (χ3n) is 2.47. The molecule has 1 heterocycles. The molecule has 0 fully saturated rings. The first-order valence-electron chi connectivity index (χ1n) is 5.12. The Morgan fingerprint density at radius 3 is 2.62 bits per heavy atom. The van der Waals surface area contributed by atoms with Crippen molar-refractivity contribution in [2.24, 2.45) is 0 Å². The first kappa shape index (κ1) is 11.2. The Kier molecular flexibility index (Phi) is 3.27. The Hall–Kier alpha value is -1.32. The Balaban J connectivity index is 2.33. The number of hydrogen-bond donors (Lipinski definition) is 1. The summed E-state index contributed by atoms with van der Waals surface area (Å²) in [6.07, 6.45) is 2.58. The normalized spacial score (nSPS) is 10.7. The van der Waals surface area contributed by atoms with E-state index in [1.807, 2.05) is 37.4 Å². The minimum Gasteiger partial charge on any atom is -0.396 e. The molecule has 0 aliphatic carbocycles. The van der Waals surface area contributed by atoms with Gasteiger partial charge in [0.2, 0.25) is 0 Å². The summed E-state index contributed by atoms with van der Waals surface area (Å²) in [5.74, 6) is 0. The van der Waals surface area contributed by atoms with Gasteiger partial charge in [-0.3, -0.25) is 0 Å². The van der Waals surface area contributed by atoms with E-state index in [0.29, 0.717) is 11.4 Å². The van der Waals surface area contributed by atoms with Crippen LogP contribution in [0.4, 0.5) is 0 Å². The van der Waals surface area contributed by atoms with Crippen LogP contribution in [0.15, 0.2) is 30.5 Å². The maximum Gasteiger partial charge on any atom is 0.0646 e. The molecule has 2 aromatic rings. The highest BCUT2D eigenvalue weighted by molar-refractivity contribution is 6.30.